The fraction of sp³-hybridized carbons (Fsp3) is 0.619. The van der Waals surface area contributed by atoms with Crippen molar-refractivity contribution in [3.8, 4) is 6.07 Å². The Morgan fingerprint density at radius 1 is 1.37 bits per heavy atom. The maximum Gasteiger partial charge on any atom is 0.259 e. The van der Waals surface area contributed by atoms with E-state index in [1.807, 2.05) is 6.07 Å². The van der Waals surface area contributed by atoms with Crippen LogP contribution in [0.25, 0.3) is 11.1 Å². The fourth-order valence-electron chi connectivity index (χ4n) is 3.95. The number of pyridine rings is 1. The second-order valence-corrected chi connectivity index (χ2v) is 9.27. The lowest BCUT2D eigenvalue weighted by Gasteiger charge is -2.22. The van der Waals surface area contributed by atoms with Crippen LogP contribution in [0.3, 0.4) is 0 Å². The summed E-state index contributed by atoms with van der Waals surface area (Å²) in [5.74, 6) is 0.180. The van der Waals surface area contributed by atoms with Gasteiger partial charge >= 0.3 is 0 Å². The summed E-state index contributed by atoms with van der Waals surface area (Å²) in [6.45, 7) is 6.38. The number of amides is 1. The topological polar surface area (TPSA) is 91.8 Å². The minimum absolute atomic E-state index is 0.00599. The minimum Gasteiger partial charge on any atom is -0.336 e. The van der Waals surface area contributed by atoms with E-state index in [1.54, 1.807) is 0 Å². The van der Waals surface area contributed by atoms with Crippen molar-refractivity contribution >= 4 is 17.0 Å². The summed E-state index contributed by atoms with van der Waals surface area (Å²) in [6.07, 6.45) is 6.21. The summed E-state index contributed by atoms with van der Waals surface area (Å²) in [5.41, 5.74) is 1.88. The lowest BCUT2D eigenvalue weighted by atomic mass is 9.89. The van der Waals surface area contributed by atoms with Gasteiger partial charge < -0.3 is 9.84 Å². The van der Waals surface area contributed by atoms with Gasteiger partial charge in [0.15, 0.2) is 0 Å². The maximum absolute atomic E-state index is 13.2. The second kappa shape index (κ2) is 6.33. The minimum atomic E-state index is -0.756. The summed E-state index contributed by atoms with van der Waals surface area (Å²) in [4.78, 5) is 17.9. The van der Waals surface area contributed by atoms with E-state index in [0.717, 1.165) is 37.1 Å². The summed E-state index contributed by atoms with van der Waals surface area (Å²) in [6, 6.07) is 4.22. The van der Waals surface area contributed by atoms with Crippen molar-refractivity contribution in [3.63, 3.8) is 0 Å². The van der Waals surface area contributed by atoms with Gasteiger partial charge in [-0.2, -0.15) is 5.26 Å². The third kappa shape index (κ3) is 3.55. The van der Waals surface area contributed by atoms with Crippen molar-refractivity contribution in [3.05, 3.63) is 23.0 Å². The molecule has 0 radical (unpaired) electrons. The lowest BCUT2D eigenvalue weighted by molar-refractivity contribution is 0.0922. The zero-order valence-corrected chi connectivity index (χ0v) is 16.3. The first-order chi connectivity index (χ1) is 12.8. The molecule has 2 aromatic heterocycles. The number of aromatic nitrogens is 2. The Kier molecular flexibility index (Phi) is 4.21. The van der Waals surface area contributed by atoms with Gasteiger partial charge in [0.1, 0.15) is 5.54 Å². The molecule has 27 heavy (non-hydrogen) atoms. The van der Waals surface area contributed by atoms with Crippen LogP contribution in [0.5, 0.6) is 0 Å². The van der Waals surface area contributed by atoms with Crippen LogP contribution in [0.2, 0.25) is 0 Å². The molecule has 0 bridgehead atoms. The van der Waals surface area contributed by atoms with Crippen LogP contribution in [0, 0.1) is 16.7 Å². The van der Waals surface area contributed by atoms with Crippen molar-refractivity contribution in [2.24, 2.45) is 5.41 Å². The predicted molar refractivity (Wildman–Crippen MR) is 101 cm³/mol. The van der Waals surface area contributed by atoms with E-state index in [9.17, 15) is 10.1 Å². The van der Waals surface area contributed by atoms with Crippen LogP contribution >= 0.6 is 0 Å². The number of hydrogen-bond acceptors (Lipinski definition) is 5. The number of nitrogens with zero attached hydrogens (tertiary/aromatic N) is 3. The summed E-state index contributed by atoms with van der Waals surface area (Å²) < 4.78 is 5.52. The molecule has 1 N–H and O–H groups in total. The number of nitrogens with one attached hydrogen (secondary N) is 1. The highest BCUT2D eigenvalue weighted by Gasteiger charge is 2.37. The molecule has 2 aliphatic carbocycles. The van der Waals surface area contributed by atoms with E-state index >= 15 is 0 Å². The number of carbonyl (C=O) groups excluding carboxylic acids is 1. The first-order valence-corrected chi connectivity index (χ1v) is 9.83. The first-order valence-electron chi connectivity index (χ1n) is 9.83. The summed E-state index contributed by atoms with van der Waals surface area (Å²) >= 11 is 0. The van der Waals surface area contributed by atoms with Gasteiger partial charge in [-0.3, -0.25) is 4.79 Å². The Labute approximate surface area is 159 Å². The molecule has 2 saturated carbocycles. The number of nitriles is 1. The van der Waals surface area contributed by atoms with Crippen LogP contribution in [-0.4, -0.2) is 21.6 Å². The molecular formula is C21H26N4O2. The second-order valence-electron chi connectivity index (χ2n) is 9.27. The Bertz CT molecular complexity index is 922. The Morgan fingerprint density at radius 2 is 2.07 bits per heavy atom. The summed E-state index contributed by atoms with van der Waals surface area (Å²) in [7, 11) is 0. The van der Waals surface area contributed by atoms with E-state index < -0.39 is 5.54 Å². The molecule has 1 amide bonds. The highest BCUT2D eigenvalue weighted by Crippen LogP contribution is 2.41. The molecule has 0 saturated heterocycles. The Morgan fingerprint density at radius 3 is 2.67 bits per heavy atom. The van der Waals surface area contributed by atoms with E-state index in [1.165, 1.54) is 0 Å². The fourth-order valence-corrected chi connectivity index (χ4v) is 3.95. The molecular weight excluding hydrogens is 340 g/mol. The van der Waals surface area contributed by atoms with Crippen LogP contribution in [0.4, 0.5) is 0 Å². The monoisotopic (exact) mass is 366 g/mol. The smallest absolute Gasteiger partial charge is 0.259 e. The Balaban J connectivity index is 1.78. The molecule has 0 unspecified atom stereocenters. The van der Waals surface area contributed by atoms with E-state index in [-0.39, 0.29) is 11.3 Å². The van der Waals surface area contributed by atoms with Crippen molar-refractivity contribution in [1.82, 2.24) is 15.5 Å². The number of fused-ring (bicyclic) bond motifs is 1. The maximum atomic E-state index is 13.2. The van der Waals surface area contributed by atoms with Gasteiger partial charge in [0.05, 0.1) is 22.7 Å². The van der Waals surface area contributed by atoms with Gasteiger partial charge in [-0.1, -0.05) is 25.9 Å². The van der Waals surface area contributed by atoms with Crippen molar-refractivity contribution in [2.45, 2.75) is 77.2 Å². The predicted octanol–water partition coefficient (Wildman–Crippen LogP) is 4.25. The van der Waals surface area contributed by atoms with Crippen LogP contribution in [0.1, 0.15) is 87.0 Å². The third-order valence-corrected chi connectivity index (χ3v) is 5.50. The van der Waals surface area contributed by atoms with Crippen LogP contribution in [0.15, 0.2) is 10.6 Å². The van der Waals surface area contributed by atoms with Crippen LogP contribution in [-0.2, 0) is 6.42 Å². The van der Waals surface area contributed by atoms with Gasteiger partial charge in [0, 0.05) is 11.6 Å². The van der Waals surface area contributed by atoms with E-state index in [2.05, 4.69) is 42.3 Å². The molecule has 2 fully saturated rings. The number of hydrogen-bond donors (Lipinski definition) is 1. The van der Waals surface area contributed by atoms with E-state index in [4.69, 9.17) is 4.52 Å². The molecule has 0 atom stereocenters. The molecule has 6 nitrogen and oxygen atoms in total. The zero-order valence-electron chi connectivity index (χ0n) is 16.3. The van der Waals surface area contributed by atoms with Crippen molar-refractivity contribution in [1.29, 1.82) is 5.26 Å². The molecule has 2 aliphatic rings. The molecule has 2 heterocycles. The number of rotatable bonds is 4. The third-order valence-electron chi connectivity index (χ3n) is 5.50. The molecule has 0 spiro atoms. The molecule has 2 aromatic rings. The van der Waals surface area contributed by atoms with Gasteiger partial charge in [0.25, 0.3) is 11.6 Å². The quantitative estimate of drug-likeness (QED) is 0.873. The van der Waals surface area contributed by atoms with Gasteiger partial charge in [0.2, 0.25) is 0 Å². The highest BCUT2D eigenvalue weighted by atomic mass is 16.5. The highest BCUT2D eigenvalue weighted by molar-refractivity contribution is 6.06. The average Bonchev–Trinajstić information content (AvgIpc) is 3.24. The normalized spacial score (nSPS) is 19.2. The molecule has 6 heteroatoms. The summed E-state index contributed by atoms with van der Waals surface area (Å²) in [5, 5.41) is 17.6. The van der Waals surface area contributed by atoms with Crippen molar-refractivity contribution < 1.29 is 9.32 Å². The van der Waals surface area contributed by atoms with Gasteiger partial charge in [-0.25, -0.2) is 4.98 Å². The molecule has 0 aromatic carbocycles. The van der Waals surface area contributed by atoms with E-state index in [0.29, 0.717) is 41.8 Å². The lowest BCUT2D eigenvalue weighted by Crippen LogP contribution is -2.45. The SMILES string of the molecule is CC(C)(C)Cc1noc2nc(C3CC3)cc(C(=O)NC3(C#N)CCCC3)c12. The molecule has 142 valence electrons. The molecule has 0 aliphatic heterocycles. The Hall–Kier alpha value is -2.42. The zero-order chi connectivity index (χ0) is 19.2. The van der Waals surface area contributed by atoms with Crippen LogP contribution < -0.4 is 5.32 Å². The largest absolute Gasteiger partial charge is 0.336 e. The standard InChI is InChI=1S/C21H26N4O2/c1-20(2,3)11-16-17-14(18(26)24-21(12-22)8-4-5-9-21)10-15(13-6-7-13)23-19(17)27-25-16/h10,13H,4-9,11H2,1-3H3,(H,24,26). The number of carbonyl (C=O) groups is 1. The molecule has 4 rings (SSSR count). The first kappa shape index (κ1) is 18.0. The van der Waals surface area contributed by atoms with Gasteiger partial charge in [-0.15, -0.1) is 0 Å². The van der Waals surface area contributed by atoms with Gasteiger partial charge in [-0.05, 0) is 56.4 Å². The van der Waals surface area contributed by atoms with Crippen molar-refractivity contribution in [2.75, 3.05) is 0 Å². The average molecular weight is 366 g/mol.